The van der Waals surface area contributed by atoms with E-state index in [-0.39, 0.29) is 24.3 Å². The van der Waals surface area contributed by atoms with Crippen molar-refractivity contribution in [1.82, 2.24) is 19.7 Å². The number of benzene rings is 1. The monoisotopic (exact) mass is 399 g/mol. The third-order valence-corrected chi connectivity index (χ3v) is 5.31. The number of nitrogens with zero attached hydrogens (tertiary/aromatic N) is 4. The molecular weight excluding hydrogens is 381 g/mol. The lowest BCUT2D eigenvalue weighted by Gasteiger charge is -2.26. The number of halogens is 2. The number of nitrogens with two attached hydrogens (primary N) is 1. The predicted molar refractivity (Wildman–Crippen MR) is 104 cm³/mol. The maximum atomic E-state index is 13.5. The molecule has 0 fully saturated rings. The van der Waals surface area contributed by atoms with E-state index in [0.29, 0.717) is 34.9 Å². The van der Waals surface area contributed by atoms with Crippen LogP contribution in [0.25, 0.3) is 11.4 Å². The third kappa shape index (κ3) is 3.27. The third-order valence-electron chi connectivity index (χ3n) is 5.03. The number of carbonyl (C=O) groups excluding carboxylic acids is 1. The van der Waals surface area contributed by atoms with E-state index in [1.165, 1.54) is 12.1 Å². The van der Waals surface area contributed by atoms with Gasteiger partial charge >= 0.3 is 0 Å². The van der Waals surface area contributed by atoms with Crippen LogP contribution in [0.5, 0.6) is 0 Å². The molecule has 6 nitrogen and oxygen atoms in total. The number of fused-ring (bicyclic) bond motifs is 1. The van der Waals surface area contributed by atoms with Gasteiger partial charge in [-0.15, -0.1) is 0 Å². The lowest BCUT2D eigenvalue weighted by atomic mass is 10.0. The van der Waals surface area contributed by atoms with Crippen molar-refractivity contribution in [2.24, 2.45) is 12.8 Å². The highest BCUT2D eigenvalue weighted by Gasteiger charge is 2.33. The summed E-state index contributed by atoms with van der Waals surface area (Å²) in [4.78, 5) is 19.0. The van der Waals surface area contributed by atoms with Crippen LogP contribution in [0.15, 0.2) is 42.7 Å². The second-order valence-electron chi connectivity index (χ2n) is 6.85. The first-order valence-electron chi connectivity index (χ1n) is 8.90. The SMILES string of the molecule is Cn1ncc(Cl)c1-c1cc2c(cn1)C(=O)N([C@H](CN)Cc1cccc(F)c1)C2. The topological polar surface area (TPSA) is 77.0 Å². The molecule has 2 N–H and O–H groups in total. The fourth-order valence-electron chi connectivity index (χ4n) is 3.61. The van der Waals surface area contributed by atoms with E-state index in [2.05, 4.69) is 10.1 Å². The predicted octanol–water partition coefficient (Wildman–Crippen LogP) is 2.80. The Hall–Kier alpha value is -2.77. The van der Waals surface area contributed by atoms with Gasteiger partial charge in [0.1, 0.15) is 11.5 Å². The molecular formula is C20H19ClFN5O. The minimum Gasteiger partial charge on any atom is -0.330 e. The summed E-state index contributed by atoms with van der Waals surface area (Å²) in [5, 5.41) is 4.63. The lowest BCUT2D eigenvalue weighted by molar-refractivity contribution is 0.0708. The number of carbonyl (C=O) groups is 1. The van der Waals surface area contributed by atoms with Gasteiger partial charge in [0.15, 0.2) is 0 Å². The summed E-state index contributed by atoms with van der Waals surface area (Å²) >= 11 is 6.22. The Kier molecular flexibility index (Phi) is 4.87. The van der Waals surface area contributed by atoms with Crippen molar-refractivity contribution >= 4 is 17.5 Å². The Labute approximate surface area is 166 Å². The minimum atomic E-state index is -0.300. The first kappa shape index (κ1) is 18.6. The van der Waals surface area contributed by atoms with Gasteiger partial charge < -0.3 is 10.6 Å². The van der Waals surface area contributed by atoms with E-state index in [1.807, 2.05) is 12.1 Å². The molecule has 0 saturated heterocycles. The first-order valence-corrected chi connectivity index (χ1v) is 9.28. The Morgan fingerprint density at radius 3 is 2.82 bits per heavy atom. The van der Waals surface area contributed by atoms with E-state index in [9.17, 15) is 9.18 Å². The van der Waals surface area contributed by atoms with Crippen molar-refractivity contribution < 1.29 is 9.18 Å². The van der Waals surface area contributed by atoms with Gasteiger partial charge in [-0.1, -0.05) is 23.7 Å². The molecule has 1 aromatic carbocycles. The van der Waals surface area contributed by atoms with Gasteiger partial charge in [-0.3, -0.25) is 14.5 Å². The van der Waals surface area contributed by atoms with Gasteiger partial charge in [-0.05, 0) is 35.7 Å². The van der Waals surface area contributed by atoms with Crippen molar-refractivity contribution in [1.29, 1.82) is 0 Å². The highest BCUT2D eigenvalue weighted by atomic mass is 35.5. The zero-order valence-corrected chi connectivity index (χ0v) is 16.0. The standard InChI is InChI=1S/C20H19ClFN5O/c1-26-19(17(21)10-25-26)18-7-13-11-27(20(28)16(13)9-24-18)15(8-23)6-12-3-2-4-14(22)5-12/h2-5,7,9-10,15H,6,8,11,23H2,1H3/t15-/m0/s1. The van der Waals surface area contributed by atoms with Crippen molar-refractivity contribution in [2.75, 3.05) is 6.54 Å². The van der Waals surface area contributed by atoms with Crippen LogP contribution < -0.4 is 5.73 Å². The van der Waals surface area contributed by atoms with Crippen molar-refractivity contribution in [2.45, 2.75) is 19.0 Å². The second kappa shape index (κ2) is 7.33. The molecule has 1 aliphatic rings. The molecule has 0 saturated carbocycles. The lowest BCUT2D eigenvalue weighted by Crippen LogP contribution is -2.42. The molecule has 0 radical (unpaired) electrons. The Bertz CT molecular complexity index is 1030. The van der Waals surface area contributed by atoms with Crippen LogP contribution in [0.4, 0.5) is 4.39 Å². The smallest absolute Gasteiger partial charge is 0.256 e. The summed E-state index contributed by atoms with van der Waals surface area (Å²) in [5.74, 6) is -0.414. The molecule has 1 amide bonds. The number of aryl methyl sites for hydroxylation is 1. The molecule has 3 aromatic rings. The summed E-state index contributed by atoms with van der Waals surface area (Å²) in [5.41, 5.74) is 9.54. The van der Waals surface area contributed by atoms with Crippen molar-refractivity contribution in [3.8, 4) is 11.4 Å². The van der Waals surface area contributed by atoms with Crippen LogP contribution in [0.3, 0.4) is 0 Å². The van der Waals surface area contributed by atoms with Crippen LogP contribution in [-0.4, -0.2) is 38.2 Å². The zero-order valence-electron chi connectivity index (χ0n) is 15.3. The van der Waals surface area contributed by atoms with Crippen molar-refractivity contribution in [3.63, 3.8) is 0 Å². The van der Waals surface area contributed by atoms with E-state index in [1.54, 1.807) is 35.1 Å². The summed E-state index contributed by atoms with van der Waals surface area (Å²) in [6.45, 7) is 0.709. The number of rotatable bonds is 5. The maximum Gasteiger partial charge on any atom is 0.256 e. The Balaban J connectivity index is 1.61. The van der Waals surface area contributed by atoms with Crippen LogP contribution in [0, 0.1) is 5.82 Å². The number of aromatic nitrogens is 3. The molecule has 4 rings (SSSR count). The van der Waals surface area contributed by atoms with E-state index in [4.69, 9.17) is 17.3 Å². The maximum absolute atomic E-state index is 13.5. The number of hydrogen-bond donors (Lipinski definition) is 1. The molecule has 0 aliphatic carbocycles. The molecule has 0 spiro atoms. The summed E-state index contributed by atoms with van der Waals surface area (Å²) in [7, 11) is 1.79. The largest absolute Gasteiger partial charge is 0.330 e. The molecule has 1 atom stereocenters. The fourth-order valence-corrected chi connectivity index (χ4v) is 3.87. The number of amides is 1. The molecule has 144 valence electrons. The zero-order chi connectivity index (χ0) is 19.8. The van der Waals surface area contributed by atoms with Crippen LogP contribution in [-0.2, 0) is 20.0 Å². The van der Waals surface area contributed by atoms with E-state index >= 15 is 0 Å². The van der Waals surface area contributed by atoms with Gasteiger partial charge in [-0.25, -0.2) is 4.39 Å². The van der Waals surface area contributed by atoms with Gasteiger partial charge in [-0.2, -0.15) is 5.10 Å². The Morgan fingerprint density at radius 1 is 1.32 bits per heavy atom. The molecule has 1 aliphatic heterocycles. The molecule has 28 heavy (non-hydrogen) atoms. The average molecular weight is 400 g/mol. The Morgan fingerprint density at radius 2 is 2.14 bits per heavy atom. The van der Waals surface area contributed by atoms with E-state index < -0.39 is 0 Å². The van der Waals surface area contributed by atoms with E-state index in [0.717, 1.165) is 11.1 Å². The number of hydrogen-bond acceptors (Lipinski definition) is 4. The summed E-state index contributed by atoms with van der Waals surface area (Å²) in [6.07, 6.45) is 3.63. The molecule has 0 bridgehead atoms. The molecule has 0 unspecified atom stereocenters. The minimum absolute atomic E-state index is 0.114. The van der Waals surface area contributed by atoms with Gasteiger partial charge in [0.2, 0.25) is 0 Å². The quantitative estimate of drug-likeness (QED) is 0.715. The first-order chi connectivity index (χ1) is 13.5. The van der Waals surface area contributed by atoms with Gasteiger partial charge in [0.05, 0.1) is 22.5 Å². The van der Waals surface area contributed by atoms with Crippen LogP contribution >= 0.6 is 11.6 Å². The highest BCUT2D eigenvalue weighted by Crippen LogP contribution is 2.31. The van der Waals surface area contributed by atoms with Gasteiger partial charge in [0, 0.05) is 32.4 Å². The molecule has 2 aromatic heterocycles. The average Bonchev–Trinajstić information content (AvgIpc) is 3.18. The summed E-state index contributed by atoms with van der Waals surface area (Å²) < 4.78 is 15.1. The van der Waals surface area contributed by atoms with Crippen molar-refractivity contribution in [3.05, 3.63) is 70.3 Å². The van der Waals surface area contributed by atoms with Crippen LogP contribution in [0.2, 0.25) is 5.02 Å². The molecule has 3 heterocycles. The normalized spacial score (nSPS) is 14.4. The van der Waals surface area contributed by atoms with Gasteiger partial charge in [0.25, 0.3) is 5.91 Å². The van der Waals surface area contributed by atoms with Crippen LogP contribution in [0.1, 0.15) is 21.5 Å². The molecule has 8 heteroatoms. The highest BCUT2D eigenvalue weighted by molar-refractivity contribution is 6.32. The number of pyridine rings is 1. The summed E-state index contributed by atoms with van der Waals surface area (Å²) in [6, 6.07) is 8.00. The fraction of sp³-hybridized carbons (Fsp3) is 0.250. The second-order valence-corrected chi connectivity index (χ2v) is 7.26.